The van der Waals surface area contributed by atoms with Crippen molar-refractivity contribution in [2.75, 3.05) is 11.9 Å². The summed E-state index contributed by atoms with van der Waals surface area (Å²) >= 11 is 0. The summed E-state index contributed by atoms with van der Waals surface area (Å²) in [7, 11) is 1.67. The molecule has 4 nitrogen and oxygen atoms in total. The fourth-order valence-corrected chi connectivity index (χ4v) is 2.80. The van der Waals surface area contributed by atoms with Crippen LogP contribution in [0.3, 0.4) is 0 Å². The summed E-state index contributed by atoms with van der Waals surface area (Å²) < 4.78 is 1.38. The molecule has 0 aliphatic carbocycles. The lowest BCUT2D eigenvalue weighted by molar-refractivity contribution is 0.712. The van der Waals surface area contributed by atoms with Gasteiger partial charge < -0.3 is 5.32 Å². The van der Waals surface area contributed by atoms with Gasteiger partial charge in [0, 0.05) is 24.7 Å². The lowest BCUT2D eigenvalue weighted by Crippen LogP contribution is -2.26. The van der Waals surface area contributed by atoms with Crippen LogP contribution in [-0.4, -0.2) is 16.3 Å². The first kappa shape index (κ1) is 16.7. The number of aryl methyl sites for hydroxylation is 1. The van der Waals surface area contributed by atoms with Crippen molar-refractivity contribution in [3.63, 3.8) is 0 Å². The average Bonchev–Trinajstić information content (AvgIpc) is 2.66. The molecule has 1 heterocycles. The van der Waals surface area contributed by atoms with Gasteiger partial charge in [-0.3, -0.25) is 4.79 Å². The average molecular weight is 331 g/mol. The molecule has 3 rings (SSSR count). The number of benzene rings is 2. The Morgan fingerprint density at radius 1 is 1.08 bits per heavy atom. The molecule has 25 heavy (non-hydrogen) atoms. The summed E-state index contributed by atoms with van der Waals surface area (Å²) in [6, 6.07) is 20.0. The fraction of sp³-hybridized carbons (Fsp3) is 0.143. The highest BCUT2D eigenvalue weighted by atomic mass is 16.1. The molecule has 1 aromatic heterocycles. The summed E-state index contributed by atoms with van der Waals surface area (Å²) in [6.45, 7) is 4.55. The Morgan fingerprint density at radius 2 is 1.72 bits per heavy atom. The van der Waals surface area contributed by atoms with Crippen LogP contribution in [0.5, 0.6) is 0 Å². The zero-order chi connectivity index (χ0) is 17.6. The van der Waals surface area contributed by atoms with Crippen LogP contribution in [0.1, 0.15) is 11.1 Å². The van der Waals surface area contributed by atoms with E-state index in [0.29, 0.717) is 12.2 Å². The summed E-state index contributed by atoms with van der Waals surface area (Å²) in [6.07, 6.45) is 2.53. The Bertz CT molecular complexity index is 915. The van der Waals surface area contributed by atoms with E-state index in [1.165, 1.54) is 10.2 Å². The first-order valence-corrected chi connectivity index (χ1v) is 8.27. The quantitative estimate of drug-likeness (QED) is 0.748. The van der Waals surface area contributed by atoms with Gasteiger partial charge in [0.1, 0.15) is 11.4 Å². The highest BCUT2D eigenvalue weighted by Gasteiger charge is 2.15. The van der Waals surface area contributed by atoms with Crippen LogP contribution in [0.25, 0.3) is 17.3 Å². The third-order valence-electron chi connectivity index (χ3n) is 4.09. The zero-order valence-electron chi connectivity index (χ0n) is 14.3. The number of anilines is 1. The standard InChI is InChI=1S/C21H21N3O/c1-3-18-19(17-12-8-5-9-13-17)23-24(2)21(25)20(18)22-15-14-16-10-6-4-7-11-16/h3-13,22H,1,14-15H2,2H3. The highest BCUT2D eigenvalue weighted by Crippen LogP contribution is 2.25. The lowest BCUT2D eigenvalue weighted by atomic mass is 10.0. The van der Waals surface area contributed by atoms with Crippen LogP contribution >= 0.6 is 0 Å². The summed E-state index contributed by atoms with van der Waals surface area (Å²) in [5.41, 5.74) is 4.07. The van der Waals surface area contributed by atoms with Gasteiger partial charge in [0.15, 0.2) is 0 Å². The van der Waals surface area contributed by atoms with Gasteiger partial charge in [-0.05, 0) is 12.0 Å². The minimum Gasteiger partial charge on any atom is -0.380 e. The minimum absolute atomic E-state index is 0.150. The van der Waals surface area contributed by atoms with Crippen LogP contribution in [0, 0.1) is 0 Å². The highest BCUT2D eigenvalue weighted by molar-refractivity contribution is 5.79. The van der Waals surface area contributed by atoms with Crippen LogP contribution in [0.4, 0.5) is 5.69 Å². The largest absolute Gasteiger partial charge is 0.380 e. The SMILES string of the molecule is C=Cc1c(-c2ccccc2)nn(C)c(=O)c1NCCc1ccccc1. The molecule has 0 saturated heterocycles. The van der Waals surface area contributed by atoms with Gasteiger partial charge in [-0.25, -0.2) is 4.68 Å². The molecule has 0 saturated carbocycles. The van der Waals surface area contributed by atoms with Crippen molar-refractivity contribution in [2.45, 2.75) is 6.42 Å². The molecule has 0 fully saturated rings. The van der Waals surface area contributed by atoms with E-state index in [9.17, 15) is 4.79 Å². The van der Waals surface area contributed by atoms with Crippen LogP contribution in [0.2, 0.25) is 0 Å². The Morgan fingerprint density at radius 3 is 2.36 bits per heavy atom. The molecule has 0 radical (unpaired) electrons. The second-order valence-corrected chi connectivity index (χ2v) is 5.80. The van der Waals surface area contributed by atoms with E-state index in [-0.39, 0.29) is 5.56 Å². The van der Waals surface area contributed by atoms with Gasteiger partial charge in [-0.15, -0.1) is 0 Å². The molecule has 0 unspecified atom stereocenters. The molecule has 0 aliphatic rings. The maximum absolute atomic E-state index is 12.6. The molecular formula is C21H21N3O. The van der Waals surface area contributed by atoms with Gasteiger partial charge in [-0.2, -0.15) is 5.10 Å². The summed E-state index contributed by atoms with van der Waals surface area (Å²) in [5.74, 6) is 0. The normalized spacial score (nSPS) is 10.4. The van der Waals surface area contributed by atoms with E-state index in [2.05, 4.69) is 29.1 Å². The number of aromatic nitrogens is 2. The maximum atomic E-state index is 12.6. The summed E-state index contributed by atoms with van der Waals surface area (Å²) in [4.78, 5) is 12.6. The predicted molar refractivity (Wildman–Crippen MR) is 104 cm³/mol. The van der Waals surface area contributed by atoms with Gasteiger partial charge in [0.2, 0.25) is 0 Å². The number of rotatable bonds is 6. The maximum Gasteiger partial charge on any atom is 0.290 e. The van der Waals surface area contributed by atoms with E-state index in [1.54, 1.807) is 13.1 Å². The van der Waals surface area contributed by atoms with Crippen molar-refractivity contribution < 1.29 is 0 Å². The van der Waals surface area contributed by atoms with Crippen LogP contribution < -0.4 is 10.9 Å². The second-order valence-electron chi connectivity index (χ2n) is 5.80. The molecule has 126 valence electrons. The van der Waals surface area contributed by atoms with Crippen LogP contribution in [0.15, 0.2) is 72.0 Å². The van der Waals surface area contributed by atoms with Gasteiger partial charge in [0.25, 0.3) is 5.56 Å². The van der Waals surface area contributed by atoms with E-state index < -0.39 is 0 Å². The Hall–Kier alpha value is -3.14. The third-order valence-corrected chi connectivity index (χ3v) is 4.09. The van der Waals surface area contributed by atoms with Gasteiger partial charge >= 0.3 is 0 Å². The second kappa shape index (κ2) is 7.62. The molecule has 0 aliphatic heterocycles. The molecule has 1 N–H and O–H groups in total. The van der Waals surface area contributed by atoms with E-state index in [0.717, 1.165) is 23.2 Å². The van der Waals surface area contributed by atoms with Crippen molar-refractivity contribution in [3.8, 4) is 11.3 Å². The van der Waals surface area contributed by atoms with Crippen molar-refractivity contribution in [1.29, 1.82) is 0 Å². The third kappa shape index (κ3) is 3.69. The molecule has 3 aromatic rings. The van der Waals surface area contributed by atoms with Crippen molar-refractivity contribution in [2.24, 2.45) is 7.05 Å². The number of nitrogens with zero attached hydrogens (tertiary/aromatic N) is 2. The molecule has 0 atom stereocenters. The van der Waals surface area contributed by atoms with Crippen molar-refractivity contribution >= 4 is 11.8 Å². The van der Waals surface area contributed by atoms with Crippen molar-refractivity contribution in [3.05, 3.63) is 88.7 Å². The Labute approximate surface area is 147 Å². The molecule has 0 spiro atoms. The topological polar surface area (TPSA) is 46.9 Å². The first-order valence-electron chi connectivity index (χ1n) is 8.27. The molecule has 4 heteroatoms. The lowest BCUT2D eigenvalue weighted by Gasteiger charge is -2.14. The Balaban J connectivity index is 1.93. The zero-order valence-corrected chi connectivity index (χ0v) is 14.3. The minimum atomic E-state index is -0.150. The molecular weight excluding hydrogens is 310 g/mol. The van der Waals surface area contributed by atoms with E-state index in [4.69, 9.17) is 0 Å². The smallest absolute Gasteiger partial charge is 0.290 e. The molecule has 0 amide bonds. The van der Waals surface area contributed by atoms with Gasteiger partial charge in [0.05, 0.1) is 0 Å². The van der Waals surface area contributed by atoms with E-state index >= 15 is 0 Å². The predicted octanol–water partition coefficient (Wildman–Crippen LogP) is 3.74. The van der Waals surface area contributed by atoms with Gasteiger partial charge in [-0.1, -0.05) is 73.3 Å². The summed E-state index contributed by atoms with van der Waals surface area (Å²) in [5, 5.41) is 7.72. The van der Waals surface area contributed by atoms with E-state index in [1.807, 2.05) is 48.5 Å². The monoisotopic (exact) mass is 331 g/mol. The Kier molecular flexibility index (Phi) is 5.09. The van der Waals surface area contributed by atoms with Crippen molar-refractivity contribution in [1.82, 2.24) is 9.78 Å². The number of hydrogen-bond acceptors (Lipinski definition) is 3. The molecule has 2 aromatic carbocycles. The number of nitrogens with one attached hydrogen (secondary N) is 1. The fourth-order valence-electron chi connectivity index (χ4n) is 2.80. The molecule has 0 bridgehead atoms. The first-order chi connectivity index (χ1) is 12.2. The van der Waals surface area contributed by atoms with Crippen LogP contribution in [-0.2, 0) is 13.5 Å². The number of hydrogen-bond donors (Lipinski definition) is 1.